The van der Waals surface area contributed by atoms with Crippen LogP contribution in [0.4, 0.5) is 5.69 Å². The van der Waals surface area contributed by atoms with E-state index < -0.39 is 0 Å². The third kappa shape index (κ3) is 3.45. The molecule has 0 aliphatic carbocycles. The topological polar surface area (TPSA) is 43.2 Å². The molecule has 0 spiro atoms. The SMILES string of the molecule is COCCN(C)c1cc(C)nc2c(-c3ccc(Cl)cc3Cl)nn(C)c12. The van der Waals surface area contributed by atoms with E-state index in [0.717, 1.165) is 40.2 Å². The zero-order chi connectivity index (χ0) is 18.1. The number of likely N-dealkylation sites (N-methyl/N-ethyl adjacent to an activating group) is 1. The average Bonchev–Trinajstić information content (AvgIpc) is 2.88. The number of aryl methyl sites for hydroxylation is 2. The molecule has 0 saturated heterocycles. The van der Waals surface area contributed by atoms with Gasteiger partial charge in [-0.2, -0.15) is 5.10 Å². The van der Waals surface area contributed by atoms with Crippen molar-refractivity contribution in [2.24, 2.45) is 7.05 Å². The van der Waals surface area contributed by atoms with Gasteiger partial charge in [0.15, 0.2) is 0 Å². The van der Waals surface area contributed by atoms with Crippen LogP contribution in [0.15, 0.2) is 24.3 Å². The van der Waals surface area contributed by atoms with E-state index in [1.807, 2.05) is 37.8 Å². The lowest BCUT2D eigenvalue weighted by atomic mass is 10.1. The van der Waals surface area contributed by atoms with Crippen molar-refractivity contribution in [3.05, 3.63) is 40.0 Å². The molecule has 0 amide bonds. The Balaban J connectivity index is 2.21. The van der Waals surface area contributed by atoms with Crippen LogP contribution in [0.1, 0.15) is 5.69 Å². The molecule has 0 unspecified atom stereocenters. The van der Waals surface area contributed by atoms with Crippen molar-refractivity contribution < 1.29 is 4.74 Å². The third-order valence-electron chi connectivity index (χ3n) is 4.13. The van der Waals surface area contributed by atoms with Crippen LogP contribution >= 0.6 is 23.2 Å². The smallest absolute Gasteiger partial charge is 0.120 e. The first kappa shape index (κ1) is 18.0. The summed E-state index contributed by atoms with van der Waals surface area (Å²) in [4.78, 5) is 6.88. The Labute approximate surface area is 157 Å². The molecule has 0 aliphatic rings. The highest BCUT2D eigenvalue weighted by atomic mass is 35.5. The number of anilines is 1. The molecule has 2 aromatic heterocycles. The summed E-state index contributed by atoms with van der Waals surface area (Å²) < 4.78 is 7.05. The van der Waals surface area contributed by atoms with Crippen molar-refractivity contribution in [1.82, 2.24) is 14.8 Å². The predicted molar refractivity (Wildman–Crippen MR) is 104 cm³/mol. The van der Waals surface area contributed by atoms with E-state index in [1.165, 1.54) is 0 Å². The second kappa shape index (κ2) is 7.20. The molecule has 1 aromatic carbocycles. The molecule has 5 nitrogen and oxygen atoms in total. The van der Waals surface area contributed by atoms with Crippen molar-refractivity contribution in [1.29, 1.82) is 0 Å². The standard InChI is InChI=1S/C18H20Cl2N4O/c1-11-9-15(23(2)7-8-25-4)18-17(21-11)16(22-24(18)3)13-6-5-12(19)10-14(13)20/h5-6,9-10H,7-8H2,1-4H3. The largest absolute Gasteiger partial charge is 0.383 e. The molecular formula is C18H20Cl2N4O. The van der Waals surface area contributed by atoms with Gasteiger partial charge < -0.3 is 9.64 Å². The van der Waals surface area contributed by atoms with Crippen LogP contribution in [0.5, 0.6) is 0 Å². The predicted octanol–water partition coefficient (Wildman–Crippen LogP) is 4.33. The van der Waals surface area contributed by atoms with Gasteiger partial charge in [-0.25, -0.2) is 4.98 Å². The van der Waals surface area contributed by atoms with Crippen molar-refractivity contribution in [3.8, 4) is 11.3 Å². The Hall–Kier alpha value is -1.82. The number of rotatable bonds is 5. The Bertz CT molecular complexity index is 923. The summed E-state index contributed by atoms with van der Waals surface area (Å²) in [5.74, 6) is 0. The van der Waals surface area contributed by atoms with Gasteiger partial charge in [0, 0.05) is 44.0 Å². The Morgan fingerprint density at radius 2 is 2.00 bits per heavy atom. The fourth-order valence-electron chi connectivity index (χ4n) is 2.88. The number of ether oxygens (including phenoxy) is 1. The lowest BCUT2D eigenvalue weighted by Gasteiger charge is -2.20. The van der Waals surface area contributed by atoms with Crippen LogP contribution < -0.4 is 4.90 Å². The van der Waals surface area contributed by atoms with Crippen molar-refractivity contribution in [2.45, 2.75) is 6.92 Å². The molecule has 2 heterocycles. The monoisotopic (exact) mass is 378 g/mol. The number of hydrogen-bond acceptors (Lipinski definition) is 4. The summed E-state index contributed by atoms with van der Waals surface area (Å²) in [6, 6.07) is 7.47. The number of nitrogens with zero attached hydrogens (tertiary/aromatic N) is 4. The van der Waals surface area contributed by atoms with Crippen LogP contribution in [0.2, 0.25) is 10.0 Å². The number of methoxy groups -OCH3 is 1. The minimum absolute atomic E-state index is 0.560. The number of hydrogen-bond donors (Lipinski definition) is 0. The van der Waals surface area contributed by atoms with Crippen molar-refractivity contribution in [2.75, 3.05) is 32.2 Å². The third-order valence-corrected chi connectivity index (χ3v) is 4.67. The second-order valence-corrected chi connectivity index (χ2v) is 6.83. The minimum Gasteiger partial charge on any atom is -0.383 e. The van der Waals surface area contributed by atoms with Gasteiger partial charge in [-0.15, -0.1) is 0 Å². The summed E-state index contributed by atoms with van der Waals surface area (Å²) in [7, 11) is 5.65. The summed E-state index contributed by atoms with van der Waals surface area (Å²) in [6.45, 7) is 3.40. The van der Waals surface area contributed by atoms with E-state index in [9.17, 15) is 0 Å². The highest BCUT2D eigenvalue weighted by molar-refractivity contribution is 6.36. The molecule has 3 aromatic rings. The van der Waals surface area contributed by atoms with Gasteiger partial charge in [0.05, 0.1) is 17.3 Å². The molecule has 0 radical (unpaired) electrons. The normalized spacial score (nSPS) is 11.3. The molecule has 0 N–H and O–H groups in total. The number of fused-ring (bicyclic) bond motifs is 1. The molecule has 7 heteroatoms. The quantitative estimate of drug-likeness (QED) is 0.662. The van der Waals surface area contributed by atoms with Gasteiger partial charge in [0.25, 0.3) is 0 Å². The summed E-state index contributed by atoms with van der Waals surface area (Å²) in [5.41, 5.74) is 5.35. The lowest BCUT2D eigenvalue weighted by molar-refractivity contribution is 0.206. The maximum Gasteiger partial charge on any atom is 0.120 e. The summed E-state index contributed by atoms with van der Waals surface area (Å²) >= 11 is 12.4. The number of benzene rings is 1. The zero-order valence-corrected chi connectivity index (χ0v) is 16.2. The molecule has 132 valence electrons. The van der Waals surface area contributed by atoms with Crippen LogP contribution in [-0.2, 0) is 11.8 Å². The van der Waals surface area contributed by atoms with E-state index >= 15 is 0 Å². The minimum atomic E-state index is 0.560. The Kier molecular flexibility index (Phi) is 5.18. The maximum atomic E-state index is 6.40. The highest BCUT2D eigenvalue weighted by Gasteiger charge is 2.19. The maximum absolute atomic E-state index is 6.40. The van der Waals surface area contributed by atoms with Crippen LogP contribution in [0.3, 0.4) is 0 Å². The molecular weight excluding hydrogens is 359 g/mol. The van der Waals surface area contributed by atoms with Gasteiger partial charge in [-0.3, -0.25) is 4.68 Å². The first-order chi connectivity index (χ1) is 11.9. The Morgan fingerprint density at radius 1 is 1.24 bits per heavy atom. The van der Waals surface area contributed by atoms with Gasteiger partial charge in [-0.1, -0.05) is 23.2 Å². The summed E-state index contributed by atoms with van der Waals surface area (Å²) in [5, 5.41) is 5.84. The first-order valence-electron chi connectivity index (χ1n) is 7.92. The van der Waals surface area contributed by atoms with Gasteiger partial charge >= 0.3 is 0 Å². The van der Waals surface area contributed by atoms with Crippen LogP contribution in [0, 0.1) is 6.92 Å². The summed E-state index contributed by atoms with van der Waals surface area (Å²) in [6.07, 6.45) is 0. The number of pyridine rings is 1. The molecule has 0 atom stereocenters. The average molecular weight is 379 g/mol. The fourth-order valence-corrected chi connectivity index (χ4v) is 3.38. The van der Waals surface area contributed by atoms with E-state index in [2.05, 4.69) is 16.1 Å². The van der Waals surface area contributed by atoms with Gasteiger partial charge in [0.1, 0.15) is 16.7 Å². The number of halogens is 2. The highest BCUT2D eigenvalue weighted by Crippen LogP contribution is 2.36. The van der Waals surface area contributed by atoms with E-state index in [4.69, 9.17) is 32.9 Å². The van der Waals surface area contributed by atoms with E-state index in [-0.39, 0.29) is 0 Å². The zero-order valence-electron chi connectivity index (χ0n) is 14.7. The first-order valence-corrected chi connectivity index (χ1v) is 8.67. The van der Waals surface area contributed by atoms with Crippen molar-refractivity contribution >= 4 is 39.9 Å². The van der Waals surface area contributed by atoms with Gasteiger partial charge in [0.2, 0.25) is 0 Å². The molecule has 0 aliphatic heterocycles. The second-order valence-electron chi connectivity index (χ2n) is 5.99. The van der Waals surface area contributed by atoms with Crippen LogP contribution in [0.25, 0.3) is 22.3 Å². The molecule has 25 heavy (non-hydrogen) atoms. The Morgan fingerprint density at radius 3 is 2.68 bits per heavy atom. The lowest BCUT2D eigenvalue weighted by Crippen LogP contribution is -2.23. The van der Waals surface area contributed by atoms with E-state index in [0.29, 0.717) is 16.7 Å². The molecule has 3 rings (SSSR count). The molecule has 0 fully saturated rings. The van der Waals surface area contributed by atoms with Crippen LogP contribution in [-0.4, -0.2) is 42.1 Å². The molecule has 0 bridgehead atoms. The number of aromatic nitrogens is 3. The fraction of sp³-hybridized carbons (Fsp3) is 0.333. The van der Waals surface area contributed by atoms with Crippen molar-refractivity contribution in [3.63, 3.8) is 0 Å². The van der Waals surface area contributed by atoms with Gasteiger partial charge in [-0.05, 0) is 31.2 Å². The van der Waals surface area contributed by atoms with E-state index in [1.54, 1.807) is 13.2 Å². The molecule has 0 saturated carbocycles.